The molecule has 1 rings (SSSR count). The minimum Gasteiger partial charge on any atom is -0.418 e. The molecule has 1 aliphatic heterocycles. The van der Waals surface area contributed by atoms with Crippen LogP contribution in [0.4, 0.5) is 0 Å². The van der Waals surface area contributed by atoms with E-state index in [0.29, 0.717) is 0 Å². The van der Waals surface area contributed by atoms with Gasteiger partial charge in [0.1, 0.15) is 0 Å². The van der Waals surface area contributed by atoms with E-state index in [0.717, 1.165) is 49.9 Å². The van der Waals surface area contributed by atoms with Crippen molar-refractivity contribution in [3.63, 3.8) is 0 Å². The van der Waals surface area contributed by atoms with Crippen LogP contribution in [0, 0.1) is 0 Å². The Morgan fingerprint density at radius 3 is 1.61 bits per heavy atom. The number of rotatable bonds is 9. The Morgan fingerprint density at radius 1 is 0.679 bits per heavy atom. The molecule has 0 amide bonds. The van der Waals surface area contributed by atoms with Gasteiger partial charge in [-0.05, 0) is 69.8 Å². The summed E-state index contributed by atoms with van der Waals surface area (Å²) < 4.78 is 39.4. The van der Waals surface area contributed by atoms with Gasteiger partial charge >= 0.3 is 43.5 Å². The lowest BCUT2D eigenvalue weighted by atomic mass is 10.5. The van der Waals surface area contributed by atoms with Crippen molar-refractivity contribution in [1.29, 1.82) is 0 Å². The van der Waals surface area contributed by atoms with Gasteiger partial charge < -0.3 is 25.3 Å². The third-order valence-electron chi connectivity index (χ3n) is 5.44. The lowest BCUT2D eigenvalue weighted by molar-refractivity contribution is 0.145. The average molecular weight is 485 g/mol. The Balaban J connectivity index is 3.23. The maximum Gasteiger partial charge on any atom is 0.317 e. The summed E-state index contributed by atoms with van der Waals surface area (Å²) in [5.74, 6) is 0. The van der Waals surface area contributed by atoms with Gasteiger partial charge in [0, 0.05) is 13.2 Å². The molecule has 0 aromatic heterocycles. The topological polar surface area (TPSA) is 55.4 Å². The second-order valence-electron chi connectivity index (χ2n) is 8.28. The summed E-state index contributed by atoms with van der Waals surface area (Å²) in [4.78, 5) is 0. The number of hydrogen-bond acceptors (Lipinski definition) is 6. The van der Waals surface area contributed by atoms with Gasteiger partial charge in [-0.25, -0.2) is 0 Å². The molecule has 5 atom stereocenters. The van der Waals surface area contributed by atoms with Crippen LogP contribution in [0.2, 0.25) is 56.4 Å². The van der Waals surface area contributed by atoms with E-state index < -0.39 is 43.5 Å². The molecule has 168 valence electrons. The van der Waals surface area contributed by atoms with Crippen LogP contribution < -0.4 is 0 Å². The number of ether oxygens (including phenoxy) is 1. The van der Waals surface area contributed by atoms with Crippen LogP contribution in [0.25, 0.3) is 0 Å². The molecule has 1 heterocycles. The molecule has 0 N–H and O–H groups in total. The zero-order chi connectivity index (χ0) is 21.5. The molecule has 28 heavy (non-hydrogen) atoms. The molecule has 0 aliphatic carbocycles. The minimum atomic E-state index is -2.43. The molecule has 1 saturated heterocycles. The van der Waals surface area contributed by atoms with Gasteiger partial charge in [-0.2, -0.15) is 0 Å². The monoisotopic (exact) mass is 484 g/mol. The van der Waals surface area contributed by atoms with Crippen LogP contribution in [0.3, 0.4) is 0 Å². The highest BCUT2D eigenvalue weighted by Gasteiger charge is 2.52. The van der Waals surface area contributed by atoms with Gasteiger partial charge in [0.15, 0.2) is 0 Å². The lowest BCUT2D eigenvalue weighted by Gasteiger charge is -2.47. The molecular formula is C17H44O6Si5. The molecule has 1 fully saturated rings. The summed E-state index contributed by atoms with van der Waals surface area (Å²) in [5, 5.41) is 0. The van der Waals surface area contributed by atoms with Gasteiger partial charge in [0.25, 0.3) is 0 Å². The second kappa shape index (κ2) is 11.5. The Morgan fingerprint density at radius 2 is 1.14 bits per heavy atom. The van der Waals surface area contributed by atoms with Crippen LogP contribution in [0.5, 0.6) is 0 Å². The highest BCUT2D eigenvalue weighted by atomic mass is 28.5. The largest absolute Gasteiger partial charge is 0.418 e. The van der Waals surface area contributed by atoms with Crippen molar-refractivity contribution < 1.29 is 25.3 Å². The Bertz CT molecular complexity index is 477. The first kappa shape index (κ1) is 26.9. The van der Waals surface area contributed by atoms with Crippen molar-refractivity contribution in [1.82, 2.24) is 0 Å². The van der Waals surface area contributed by atoms with Crippen LogP contribution in [-0.2, 0) is 25.3 Å². The van der Waals surface area contributed by atoms with E-state index in [-0.39, 0.29) is 0 Å². The van der Waals surface area contributed by atoms with Crippen LogP contribution in [0.15, 0.2) is 0 Å². The summed E-state index contributed by atoms with van der Waals surface area (Å²) in [6.07, 6.45) is 0.955. The van der Waals surface area contributed by atoms with Gasteiger partial charge in [-0.1, -0.05) is 27.7 Å². The molecule has 0 bridgehead atoms. The fraction of sp³-hybridized carbons (Fsp3) is 1.00. The predicted molar refractivity (Wildman–Crippen MR) is 127 cm³/mol. The van der Waals surface area contributed by atoms with Gasteiger partial charge in [-0.15, -0.1) is 0 Å². The van der Waals surface area contributed by atoms with Crippen molar-refractivity contribution in [3.8, 4) is 0 Å². The van der Waals surface area contributed by atoms with Crippen molar-refractivity contribution in [2.75, 3.05) is 13.2 Å². The highest BCUT2D eigenvalue weighted by molar-refractivity contribution is 6.91. The van der Waals surface area contributed by atoms with Crippen LogP contribution in [-0.4, -0.2) is 56.7 Å². The molecule has 0 spiro atoms. The summed E-state index contributed by atoms with van der Waals surface area (Å²) in [7, 11) is -11.4. The van der Waals surface area contributed by atoms with Crippen molar-refractivity contribution in [2.24, 2.45) is 0 Å². The van der Waals surface area contributed by atoms with E-state index in [1.54, 1.807) is 0 Å². The van der Waals surface area contributed by atoms with E-state index in [1.165, 1.54) is 0 Å². The summed E-state index contributed by atoms with van der Waals surface area (Å²) in [6.45, 7) is 21.0. The molecule has 0 aromatic rings. The Hall–Kier alpha value is 0.844. The Labute approximate surface area is 179 Å². The SMILES string of the molecule is CCOCCC[Si]1(C)O[SiH](CC)O[Si](C)(CC)O[Si](C)(CC)O[Si](C)(CC)O1. The first-order valence-corrected chi connectivity index (χ1v) is 22.9. The molecule has 0 saturated carbocycles. The third kappa shape index (κ3) is 8.17. The Kier molecular flexibility index (Phi) is 11.0. The first-order valence-electron chi connectivity index (χ1n) is 11.0. The zero-order valence-corrected chi connectivity index (χ0v) is 24.8. The van der Waals surface area contributed by atoms with E-state index in [4.69, 9.17) is 25.3 Å². The van der Waals surface area contributed by atoms with Crippen molar-refractivity contribution >= 4 is 43.5 Å². The average Bonchev–Trinajstić information content (AvgIpc) is 2.63. The smallest absolute Gasteiger partial charge is 0.317 e. The molecule has 5 unspecified atom stereocenters. The molecular weight excluding hydrogens is 441 g/mol. The zero-order valence-electron chi connectivity index (χ0n) is 19.7. The normalized spacial score (nSPS) is 40.4. The second-order valence-corrected chi connectivity index (χ2v) is 26.0. The third-order valence-corrected chi connectivity index (χ3v) is 27.7. The van der Waals surface area contributed by atoms with Crippen molar-refractivity contribution in [3.05, 3.63) is 0 Å². The van der Waals surface area contributed by atoms with Crippen LogP contribution >= 0.6 is 0 Å². The molecule has 1 aliphatic rings. The maximum absolute atomic E-state index is 6.87. The number of hydrogen-bond donors (Lipinski definition) is 0. The highest BCUT2D eigenvalue weighted by Crippen LogP contribution is 2.34. The standard InChI is InChI=1S/C17H44O6Si5/c1-10-18-16-15-17-28(9)20-24(11-2)19-25(6,12-3)21-26(7,13-4)22-27(8,14-5)23-28/h24H,10-17H2,1-9H3. The lowest BCUT2D eigenvalue weighted by Crippen LogP contribution is -2.64. The van der Waals surface area contributed by atoms with E-state index in [9.17, 15) is 0 Å². The quantitative estimate of drug-likeness (QED) is 0.335. The van der Waals surface area contributed by atoms with E-state index in [1.807, 2.05) is 6.92 Å². The van der Waals surface area contributed by atoms with Gasteiger partial charge in [-0.3, -0.25) is 0 Å². The van der Waals surface area contributed by atoms with Gasteiger partial charge in [0.05, 0.1) is 0 Å². The first-order chi connectivity index (χ1) is 13.0. The molecule has 6 nitrogen and oxygen atoms in total. The van der Waals surface area contributed by atoms with Crippen LogP contribution in [0.1, 0.15) is 41.0 Å². The minimum absolute atomic E-state index is 0.748. The fourth-order valence-corrected chi connectivity index (χ4v) is 28.3. The molecule has 0 radical (unpaired) electrons. The summed E-state index contributed by atoms with van der Waals surface area (Å²) in [6, 6.07) is 4.58. The van der Waals surface area contributed by atoms with E-state index >= 15 is 0 Å². The summed E-state index contributed by atoms with van der Waals surface area (Å²) in [5.41, 5.74) is 0. The summed E-state index contributed by atoms with van der Waals surface area (Å²) >= 11 is 0. The maximum atomic E-state index is 6.87. The van der Waals surface area contributed by atoms with Crippen molar-refractivity contribution in [2.45, 2.75) is 97.4 Å². The predicted octanol–water partition coefficient (Wildman–Crippen LogP) is 5.10. The van der Waals surface area contributed by atoms with E-state index in [2.05, 4.69) is 53.9 Å². The molecule has 11 heteroatoms. The van der Waals surface area contributed by atoms with Gasteiger partial charge in [0.2, 0.25) is 0 Å². The fourth-order valence-electron chi connectivity index (χ4n) is 3.40. The molecule has 0 aromatic carbocycles.